The van der Waals surface area contributed by atoms with Gasteiger partial charge >= 0.3 is 5.97 Å². The number of para-hydroxylation sites is 2. The Kier molecular flexibility index (Phi) is 7.39. The summed E-state index contributed by atoms with van der Waals surface area (Å²) in [6.07, 6.45) is 2.44. The highest BCUT2D eigenvalue weighted by Gasteiger charge is 2.16. The van der Waals surface area contributed by atoms with Crippen LogP contribution < -0.4 is 10.2 Å². The maximum atomic E-state index is 12.1. The Hall–Kier alpha value is -4.84. The normalized spacial score (nSPS) is 11.2. The first kappa shape index (κ1) is 25.3. The molecule has 0 aliphatic heterocycles. The van der Waals surface area contributed by atoms with Crippen LogP contribution in [0.25, 0.3) is 16.7 Å². The summed E-state index contributed by atoms with van der Waals surface area (Å²) >= 11 is 0. The number of nitrogens with one attached hydrogen (secondary N) is 1. The average molecular weight is 493 g/mol. The van der Waals surface area contributed by atoms with Gasteiger partial charge in [0.1, 0.15) is 5.75 Å². The van der Waals surface area contributed by atoms with E-state index in [4.69, 9.17) is 0 Å². The molecule has 186 valence electrons. The minimum Gasteiger partial charge on any atom is -0.505 e. The van der Waals surface area contributed by atoms with Crippen molar-refractivity contribution >= 4 is 35.0 Å². The predicted molar refractivity (Wildman–Crippen MR) is 148 cm³/mol. The summed E-state index contributed by atoms with van der Waals surface area (Å²) < 4.78 is 0. The molecule has 0 atom stereocenters. The minimum atomic E-state index is -1.07. The summed E-state index contributed by atoms with van der Waals surface area (Å²) in [6, 6.07) is 25.2. The highest BCUT2D eigenvalue weighted by Crippen LogP contribution is 2.37. The number of benzene rings is 4. The van der Waals surface area contributed by atoms with Gasteiger partial charge in [0.05, 0.1) is 16.9 Å². The highest BCUT2D eigenvalue weighted by atomic mass is 16.4. The molecule has 3 N–H and O–H groups in total. The number of rotatable bonds is 8. The molecule has 0 aromatic heterocycles. The maximum absolute atomic E-state index is 12.1. The molecule has 6 heteroatoms. The second-order valence-electron chi connectivity index (χ2n) is 8.82. The lowest BCUT2D eigenvalue weighted by atomic mass is 9.99. The van der Waals surface area contributed by atoms with Crippen LogP contribution in [0.15, 0.2) is 91.1 Å². The highest BCUT2D eigenvalue weighted by molar-refractivity contribution is 5.95. The average Bonchev–Trinajstić information content (AvgIpc) is 2.90. The number of carbonyl (C=O) groups excluding carboxylic acids is 1. The van der Waals surface area contributed by atoms with Crippen LogP contribution in [0.2, 0.25) is 0 Å². The van der Waals surface area contributed by atoms with E-state index in [2.05, 4.69) is 18.3 Å². The van der Waals surface area contributed by atoms with Gasteiger partial charge in [0, 0.05) is 23.0 Å². The number of carboxylic acid groups (broad SMARTS) is 1. The fourth-order valence-electron chi connectivity index (χ4n) is 4.13. The quantitative estimate of drug-likeness (QED) is 0.180. The number of amides is 1. The van der Waals surface area contributed by atoms with E-state index in [0.29, 0.717) is 23.5 Å². The Bertz CT molecular complexity index is 1510. The van der Waals surface area contributed by atoms with Crippen LogP contribution in [0.4, 0.5) is 17.1 Å². The third kappa shape index (κ3) is 5.38. The van der Waals surface area contributed by atoms with Crippen molar-refractivity contribution in [1.29, 1.82) is 0 Å². The van der Waals surface area contributed by atoms with E-state index in [9.17, 15) is 19.8 Å². The Morgan fingerprint density at radius 2 is 1.65 bits per heavy atom. The van der Waals surface area contributed by atoms with E-state index in [1.54, 1.807) is 30.5 Å². The molecule has 0 heterocycles. The number of allylic oxidation sites excluding steroid dienone is 1. The first-order chi connectivity index (χ1) is 17.8. The number of anilines is 3. The van der Waals surface area contributed by atoms with E-state index < -0.39 is 5.97 Å². The van der Waals surface area contributed by atoms with Gasteiger partial charge in [-0.2, -0.15) is 0 Å². The van der Waals surface area contributed by atoms with Crippen molar-refractivity contribution in [3.8, 4) is 16.9 Å². The summed E-state index contributed by atoms with van der Waals surface area (Å²) in [5.41, 5.74) is 7.27. The Labute approximate surface area is 216 Å². The largest absolute Gasteiger partial charge is 0.505 e. The second kappa shape index (κ2) is 10.8. The number of aromatic carboxylic acids is 1. The van der Waals surface area contributed by atoms with Gasteiger partial charge in [-0.15, -0.1) is 0 Å². The number of phenolic OH excluding ortho intramolecular Hbond substituents is 1. The number of phenols is 1. The van der Waals surface area contributed by atoms with E-state index >= 15 is 0 Å². The molecule has 6 nitrogen and oxygen atoms in total. The lowest BCUT2D eigenvalue weighted by molar-refractivity contribution is -0.106. The van der Waals surface area contributed by atoms with Crippen molar-refractivity contribution in [2.75, 3.05) is 10.2 Å². The van der Waals surface area contributed by atoms with Gasteiger partial charge < -0.3 is 15.5 Å². The smallest absolute Gasteiger partial charge is 0.335 e. The van der Waals surface area contributed by atoms with Gasteiger partial charge in [0.2, 0.25) is 6.41 Å². The predicted octanol–water partition coefficient (Wildman–Crippen LogP) is 7.14. The molecule has 0 radical (unpaired) electrons. The molecule has 4 rings (SSSR count). The molecule has 0 aliphatic rings. The number of carbonyl (C=O) groups is 2. The summed E-state index contributed by atoms with van der Waals surface area (Å²) in [5.74, 6) is -0.924. The zero-order chi connectivity index (χ0) is 26.5. The van der Waals surface area contributed by atoms with Crippen molar-refractivity contribution in [3.63, 3.8) is 0 Å². The van der Waals surface area contributed by atoms with Crippen molar-refractivity contribution in [1.82, 2.24) is 0 Å². The van der Waals surface area contributed by atoms with Gasteiger partial charge in [-0.1, -0.05) is 54.6 Å². The first-order valence-electron chi connectivity index (χ1n) is 11.8. The van der Waals surface area contributed by atoms with Crippen molar-refractivity contribution in [2.45, 2.75) is 20.8 Å². The number of nitrogens with zero attached hydrogens (tertiary/aromatic N) is 1. The van der Waals surface area contributed by atoms with Crippen LogP contribution in [0.5, 0.6) is 5.75 Å². The fraction of sp³-hybridized carbons (Fsp3) is 0.0968. The second-order valence-corrected chi connectivity index (χ2v) is 8.82. The number of hydrogen-bond donors (Lipinski definition) is 3. The van der Waals surface area contributed by atoms with Gasteiger partial charge in [-0.3, -0.25) is 9.69 Å². The van der Waals surface area contributed by atoms with E-state index in [1.165, 1.54) is 22.6 Å². The molecule has 0 aliphatic carbocycles. The molecule has 4 aromatic carbocycles. The first-order valence-corrected chi connectivity index (χ1v) is 11.8. The summed E-state index contributed by atoms with van der Waals surface area (Å²) in [6.45, 7) is 5.99. The van der Waals surface area contributed by atoms with Crippen LogP contribution in [-0.4, -0.2) is 22.6 Å². The number of carboxylic acids is 1. The third-order valence-electron chi connectivity index (χ3n) is 6.36. The number of aromatic hydroxyl groups is 1. The topological polar surface area (TPSA) is 89.9 Å². The summed E-state index contributed by atoms with van der Waals surface area (Å²) in [5, 5.41) is 23.5. The van der Waals surface area contributed by atoms with E-state index in [1.807, 2.05) is 56.3 Å². The van der Waals surface area contributed by atoms with E-state index in [0.717, 1.165) is 27.8 Å². The zero-order valence-corrected chi connectivity index (χ0v) is 20.9. The molecular formula is C31H28N2O4. The lowest BCUT2D eigenvalue weighted by Gasteiger charge is -2.22. The molecule has 0 saturated heterocycles. The molecule has 1 amide bonds. The third-order valence-corrected chi connectivity index (χ3v) is 6.36. The van der Waals surface area contributed by atoms with Crippen molar-refractivity contribution < 1.29 is 19.8 Å². The lowest BCUT2D eigenvalue weighted by Crippen LogP contribution is -2.16. The van der Waals surface area contributed by atoms with Gasteiger partial charge in [-0.05, 0) is 73.4 Å². The monoisotopic (exact) mass is 492 g/mol. The van der Waals surface area contributed by atoms with Crippen LogP contribution in [-0.2, 0) is 4.79 Å². The fourth-order valence-corrected chi connectivity index (χ4v) is 4.13. The zero-order valence-electron chi connectivity index (χ0n) is 20.9. The van der Waals surface area contributed by atoms with Crippen LogP contribution in [0.3, 0.4) is 0 Å². The Morgan fingerprint density at radius 3 is 2.38 bits per heavy atom. The molecule has 0 saturated carbocycles. The van der Waals surface area contributed by atoms with Gasteiger partial charge in [0.15, 0.2) is 0 Å². The molecule has 4 aromatic rings. The van der Waals surface area contributed by atoms with Crippen molar-refractivity contribution in [2.24, 2.45) is 0 Å². The molecule has 0 fully saturated rings. The number of hydrogen-bond acceptors (Lipinski definition) is 4. The van der Waals surface area contributed by atoms with Crippen LogP contribution in [0, 0.1) is 13.8 Å². The molecule has 0 bridgehead atoms. The molecule has 0 unspecified atom stereocenters. The van der Waals surface area contributed by atoms with Crippen LogP contribution >= 0.6 is 0 Å². The Balaban J connectivity index is 1.66. The van der Waals surface area contributed by atoms with Gasteiger partial charge in [0.25, 0.3) is 0 Å². The summed E-state index contributed by atoms with van der Waals surface area (Å²) in [4.78, 5) is 25.0. The van der Waals surface area contributed by atoms with Gasteiger partial charge in [-0.25, -0.2) is 4.79 Å². The maximum Gasteiger partial charge on any atom is 0.335 e. The molecule has 0 spiro atoms. The SMILES string of the molecule is C/C(=C\Nc1cccc(-c2ccc(C)c(C)c2)c1O)c1ccccc1N(C=O)c1cccc(C(=O)O)c1. The Morgan fingerprint density at radius 1 is 0.892 bits per heavy atom. The minimum absolute atomic E-state index is 0.0925. The molecule has 37 heavy (non-hydrogen) atoms. The number of aryl methyl sites for hydroxylation is 2. The molecular weight excluding hydrogens is 464 g/mol. The standard InChI is InChI=1S/C31H28N2O4/c1-20-14-15-23(16-21(20)2)27-11-7-12-28(30(27)35)32-18-22(3)26-10-4-5-13-29(26)33(19-34)25-9-6-8-24(17-25)31(36)37/h4-19,32,35H,1-3H3,(H,36,37)/b22-18+. The summed E-state index contributed by atoms with van der Waals surface area (Å²) in [7, 11) is 0. The van der Waals surface area contributed by atoms with E-state index in [-0.39, 0.29) is 11.3 Å². The van der Waals surface area contributed by atoms with Crippen LogP contribution in [0.1, 0.15) is 34.0 Å². The van der Waals surface area contributed by atoms with Crippen molar-refractivity contribution in [3.05, 3.63) is 113 Å².